The van der Waals surface area contributed by atoms with Crippen LogP contribution in [0.1, 0.15) is 36.1 Å². The molecule has 170 valence electrons. The van der Waals surface area contributed by atoms with Gasteiger partial charge in [-0.15, -0.1) is 0 Å². The van der Waals surface area contributed by atoms with Gasteiger partial charge in [-0.1, -0.05) is 24.3 Å². The Labute approximate surface area is 193 Å². The van der Waals surface area contributed by atoms with Crippen molar-refractivity contribution in [3.8, 4) is 28.4 Å². The number of rotatable bonds is 6. The van der Waals surface area contributed by atoms with Crippen molar-refractivity contribution >= 4 is 5.91 Å². The first-order valence-corrected chi connectivity index (χ1v) is 11.9. The average molecular weight is 445 g/mol. The Morgan fingerprint density at radius 2 is 1.91 bits per heavy atom. The van der Waals surface area contributed by atoms with Gasteiger partial charge in [0.1, 0.15) is 0 Å². The van der Waals surface area contributed by atoms with Gasteiger partial charge in [0.05, 0.1) is 11.8 Å². The Balaban J connectivity index is 1.32. The van der Waals surface area contributed by atoms with E-state index in [1.165, 1.54) is 22.4 Å². The van der Waals surface area contributed by atoms with Gasteiger partial charge >= 0.3 is 0 Å². The zero-order valence-electron chi connectivity index (χ0n) is 18.6. The second kappa shape index (κ2) is 8.60. The molecule has 6 rings (SSSR count). The molecular weight excluding hydrogens is 416 g/mol. The minimum absolute atomic E-state index is 0.0716. The number of amides is 1. The molecule has 0 radical (unpaired) electrons. The summed E-state index contributed by atoms with van der Waals surface area (Å²) in [4.78, 5) is 12.6. The molecule has 6 heteroatoms. The zero-order valence-corrected chi connectivity index (χ0v) is 18.6. The number of nitrogens with one attached hydrogen (secondary N) is 1. The maximum atomic E-state index is 12.6. The van der Waals surface area contributed by atoms with Crippen LogP contribution in [0.25, 0.3) is 16.9 Å². The highest BCUT2D eigenvalue weighted by Gasteiger charge is 2.25. The summed E-state index contributed by atoms with van der Waals surface area (Å²) in [6.07, 6.45) is 5.42. The van der Waals surface area contributed by atoms with E-state index in [0.717, 1.165) is 55.2 Å². The molecule has 2 aliphatic heterocycles. The third-order valence-electron chi connectivity index (χ3n) is 6.87. The molecule has 1 aliphatic carbocycles. The van der Waals surface area contributed by atoms with E-state index in [2.05, 4.69) is 46.3 Å². The fourth-order valence-electron chi connectivity index (χ4n) is 5.21. The van der Waals surface area contributed by atoms with E-state index < -0.39 is 0 Å². The molecule has 1 amide bonds. The second-order valence-electron chi connectivity index (χ2n) is 8.98. The third kappa shape index (κ3) is 3.89. The van der Waals surface area contributed by atoms with Crippen molar-refractivity contribution in [2.24, 2.45) is 0 Å². The minimum atomic E-state index is 0.0716. The Morgan fingerprint density at radius 1 is 1.03 bits per heavy atom. The number of aryl methyl sites for hydroxylation is 3. The highest BCUT2D eigenvalue weighted by Crippen LogP contribution is 2.40. The quantitative estimate of drug-likeness (QED) is 0.619. The van der Waals surface area contributed by atoms with Gasteiger partial charge in [-0.05, 0) is 61.4 Å². The van der Waals surface area contributed by atoms with E-state index in [-0.39, 0.29) is 18.8 Å². The number of carbonyl (C=O) groups is 1. The average Bonchev–Trinajstić information content (AvgIpc) is 3.60. The van der Waals surface area contributed by atoms with Crippen LogP contribution in [0, 0.1) is 0 Å². The highest BCUT2D eigenvalue weighted by molar-refractivity contribution is 5.77. The van der Waals surface area contributed by atoms with Crippen LogP contribution in [-0.2, 0) is 28.8 Å². The van der Waals surface area contributed by atoms with E-state index in [9.17, 15) is 4.79 Å². The van der Waals surface area contributed by atoms with Crippen molar-refractivity contribution in [1.82, 2.24) is 9.88 Å². The Kier molecular flexibility index (Phi) is 5.30. The molecular formula is C27H28N2O4. The standard InChI is InChI=1S/C27H28N2O4/c30-26(28-16-22-5-3-13-31-22)12-10-20-14-19-8-7-18-4-1-2-6-23(18)27(19)29(20)21-9-11-24-25(15-21)33-17-32-24/h1-2,4,6,9,11,14-15,22H,3,5,7-8,10,12-13,16-17H2,(H,28,30). The predicted molar refractivity (Wildman–Crippen MR) is 125 cm³/mol. The molecule has 0 spiro atoms. The van der Waals surface area contributed by atoms with Crippen molar-refractivity contribution in [1.29, 1.82) is 0 Å². The summed E-state index contributed by atoms with van der Waals surface area (Å²) in [5, 5.41) is 3.06. The van der Waals surface area contributed by atoms with Crippen LogP contribution in [0.15, 0.2) is 48.5 Å². The number of fused-ring (bicyclic) bond motifs is 4. The van der Waals surface area contributed by atoms with Crippen LogP contribution in [0.2, 0.25) is 0 Å². The van der Waals surface area contributed by atoms with E-state index >= 15 is 0 Å². The number of hydrogen-bond acceptors (Lipinski definition) is 4. The van der Waals surface area contributed by atoms with Gasteiger partial charge in [0.25, 0.3) is 0 Å². The molecule has 0 saturated carbocycles. The summed E-state index contributed by atoms with van der Waals surface area (Å²) in [6.45, 7) is 1.66. The third-order valence-corrected chi connectivity index (χ3v) is 6.87. The highest BCUT2D eigenvalue weighted by atomic mass is 16.7. The molecule has 1 saturated heterocycles. The lowest BCUT2D eigenvalue weighted by molar-refractivity contribution is -0.121. The number of hydrogen-bond donors (Lipinski definition) is 1. The van der Waals surface area contributed by atoms with Gasteiger partial charge in [-0.2, -0.15) is 0 Å². The summed E-state index contributed by atoms with van der Waals surface area (Å²) in [6, 6.07) is 17.0. The monoisotopic (exact) mass is 444 g/mol. The molecule has 3 heterocycles. The van der Waals surface area contributed by atoms with Crippen molar-refractivity contribution in [2.75, 3.05) is 19.9 Å². The predicted octanol–water partition coefficient (Wildman–Crippen LogP) is 4.20. The molecule has 0 bridgehead atoms. The first kappa shape index (κ1) is 20.4. The SMILES string of the molecule is O=C(CCc1cc2c(n1-c1ccc3c(c1)OCO3)-c1ccccc1CC2)NCC1CCCO1. The topological polar surface area (TPSA) is 61.7 Å². The maximum absolute atomic E-state index is 12.6. The van der Waals surface area contributed by atoms with Gasteiger partial charge in [-0.25, -0.2) is 0 Å². The molecule has 1 aromatic heterocycles. The Hall–Kier alpha value is -3.25. The minimum Gasteiger partial charge on any atom is -0.454 e. The van der Waals surface area contributed by atoms with Gasteiger partial charge in [0.2, 0.25) is 12.7 Å². The summed E-state index contributed by atoms with van der Waals surface area (Å²) < 4.78 is 19.1. The van der Waals surface area contributed by atoms with Crippen LogP contribution in [0.3, 0.4) is 0 Å². The first-order valence-electron chi connectivity index (χ1n) is 11.9. The second-order valence-corrected chi connectivity index (χ2v) is 8.98. The van der Waals surface area contributed by atoms with Crippen molar-refractivity contribution in [3.63, 3.8) is 0 Å². The summed E-state index contributed by atoms with van der Waals surface area (Å²) in [5.74, 6) is 1.61. The molecule has 1 fully saturated rings. The Bertz CT molecular complexity index is 1190. The van der Waals surface area contributed by atoms with Crippen LogP contribution >= 0.6 is 0 Å². The van der Waals surface area contributed by atoms with E-state index in [1.807, 2.05) is 12.1 Å². The number of aromatic nitrogens is 1. The fraction of sp³-hybridized carbons (Fsp3) is 0.370. The molecule has 2 aromatic carbocycles. The van der Waals surface area contributed by atoms with Gasteiger partial charge in [0, 0.05) is 42.6 Å². The largest absolute Gasteiger partial charge is 0.454 e. The summed E-state index contributed by atoms with van der Waals surface area (Å²) in [7, 11) is 0. The molecule has 3 aliphatic rings. The molecule has 1 unspecified atom stereocenters. The summed E-state index contributed by atoms with van der Waals surface area (Å²) in [5.41, 5.74) is 7.37. The van der Waals surface area contributed by atoms with E-state index in [1.54, 1.807) is 0 Å². The van der Waals surface area contributed by atoms with Crippen molar-refractivity contribution < 1.29 is 19.0 Å². The summed E-state index contributed by atoms with van der Waals surface area (Å²) >= 11 is 0. The molecule has 1 N–H and O–H groups in total. The lowest BCUT2D eigenvalue weighted by Gasteiger charge is -2.21. The van der Waals surface area contributed by atoms with Gasteiger partial charge in [0.15, 0.2) is 11.5 Å². The fourth-order valence-corrected chi connectivity index (χ4v) is 5.21. The van der Waals surface area contributed by atoms with Gasteiger partial charge in [-0.3, -0.25) is 4.79 Å². The van der Waals surface area contributed by atoms with Gasteiger partial charge < -0.3 is 24.1 Å². The molecule has 3 aromatic rings. The normalized spacial score (nSPS) is 18.1. The maximum Gasteiger partial charge on any atom is 0.231 e. The van der Waals surface area contributed by atoms with Crippen LogP contribution in [0.4, 0.5) is 0 Å². The van der Waals surface area contributed by atoms with Crippen LogP contribution < -0.4 is 14.8 Å². The lowest BCUT2D eigenvalue weighted by Crippen LogP contribution is -2.31. The molecule has 1 atom stereocenters. The van der Waals surface area contributed by atoms with Crippen molar-refractivity contribution in [3.05, 3.63) is 65.4 Å². The Morgan fingerprint density at radius 3 is 2.82 bits per heavy atom. The molecule has 6 nitrogen and oxygen atoms in total. The van der Waals surface area contributed by atoms with E-state index in [0.29, 0.717) is 19.4 Å². The number of benzene rings is 2. The van der Waals surface area contributed by atoms with Crippen LogP contribution in [0.5, 0.6) is 11.5 Å². The number of carbonyl (C=O) groups excluding carboxylic acids is 1. The van der Waals surface area contributed by atoms with Crippen molar-refractivity contribution in [2.45, 2.75) is 44.6 Å². The van der Waals surface area contributed by atoms with Crippen LogP contribution in [-0.4, -0.2) is 36.5 Å². The zero-order chi connectivity index (χ0) is 22.2. The van der Waals surface area contributed by atoms with E-state index in [4.69, 9.17) is 14.2 Å². The first-order chi connectivity index (χ1) is 16.3. The number of nitrogens with zero attached hydrogens (tertiary/aromatic N) is 1. The lowest BCUT2D eigenvalue weighted by atomic mass is 9.90. The number of ether oxygens (including phenoxy) is 3. The molecule has 33 heavy (non-hydrogen) atoms. The smallest absolute Gasteiger partial charge is 0.231 e.